The lowest BCUT2D eigenvalue weighted by molar-refractivity contribution is -0.139. The first-order valence-electron chi connectivity index (χ1n) is 8.90. The van der Waals surface area contributed by atoms with Crippen molar-refractivity contribution in [3.05, 3.63) is 76.0 Å². The van der Waals surface area contributed by atoms with Crippen molar-refractivity contribution in [1.29, 1.82) is 0 Å². The minimum Gasteiger partial charge on any atom is -0.478 e. The predicted molar refractivity (Wildman–Crippen MR) is 108 cm³/mol. The number of urea groups is 1. The second kappa shape index (κ2) is 8.36. The number of carboxylic acid groups (broad SMARTS) is 1. The summed E-state index contributed by atoms with van der Waals surface area (Å²) in [5.74, 6) is -1.61. The normalized spacial score (nSPS) is 16.4. The number of benzene rings is 2. The number of amides is 2. The van der Waals surface area contributed by atoms with Gasteiger partial charge in [-0.25, -0.2) is 14.4 Å². The zero-order valence-electron chi connectivity index (χ0n) is 15.8. The second-order valence-electron chi connectivity index (χ2n) is 6.34. The van der Waals surface area contributed by atoms with Gasteiger partial charge in [-0.15, -0.1) is 0 Å². The van der Waals surface area contributed by atoms with E-state index >= 15 is 0 Å². The van der Waals surface area contributed by atoms with Crippen molar-refractivity contribution in [2.75, 3.05) is 11.5 Å². The Labute approximate surface area is 172 Å². The number of rotatable bonds is 5. The number of hydrogen-bond acceptors (Lipinski definition) is 4. The van der Waals surface area contributed by atoms with Gasteiger partial charge in [-0.2, -0.15) is 0 Å². The van der Waals surface area contributed by atoms with Crippen LogP contribution in [0.1, 0.15) is 35.8 Å². The van der Waals surface area contributed by atoms with Crippen LogP contribution in [0.15, 0.2) is 59.8 Å². The molecule has 3 rings (SSSR count). The maximum absolute atomic E-state index is 12.9. The summed E-state index contributed by atoms with van der Waals surface area (Å²) in [5.41, 5.74) is 1.90. The predicted octanol–water partition coefficient (Wildman–Crippen LogP) is 4.15. The van der Waals surface area contributed by atoms with E-state index in [0.29, 0.717) is 22.0 Å². The molecule has 2 aromatic carbocycles. The number of allylic oxidation sites excluding steroid dienone is 1. The number of carbonyl (C=O) groups is 3. The van der Waals surface area contributed by atoms with E-state index in [0.717, 1.165) is 0 Å². The van der Waals surface area contributed by atoms with Crippen LogP contribution in [-0.4, -0.2) is 29.7 Å². The molecule has 1 heterocycles. The molecule has 0 saturated heterocycles. The minimum absolute atomic E-state index is 0.0949. The summed E-state index contributed by atoms with van der Waals surface area (Å²) in [4.78, 5) is 38.0. The molecule has 0 unspecified atom stereocenters. The molecular formula is C21H19ClN2O5. The number of nitrogens with one attached hydrogen (secondary N) is 1. The third-order valence-electron chi connectivity index (χ3n) is 4.56. The number of anilines is 1. The number of aromatic carboxylic acids is 1. The maximum Gasteiger partial charge on any atom is 0.338 e. The average Bonchev–Trinajstić information content (AvgIpc) is 2.68. The Morgan fingerprint density at radius 1 is 1.14 bits per heavy atom. The molecule has 2 aromatic rings. The Morgan fingerprint density at radius 2 is 1.76 bits per heavy atom. The molecule has 0 spiro atoms. The maximum atomic E-state index is 12.9. The van der Waals surface area contributed by atoms with Crippen LogP contribution >= 0.6 is 11.6 Å². The number of carbonyl (C=O) groups excluding carboxylic acids is 2. The molecule has 29 heavy (non-hydrogen) atoms. The van der Waals surface area contributed by atoms with Gasteiger partial charge in [0, 0.05) is 10.7 Å². The fourth-order valence-corrected chi connectivity index (χ4v) is 3.31. The highest BCUT2D eigenvalue weighted by atomic mass is 35.5. The van der Waals surface area contributed by atoms with Gasteiger partial charge in [-0.1, -0.05) is 23.7 Å². The summed E-state index contributed by atoms with van der Waals surface area (Å²) in [7, 11) is 0. The van der Waals surface area contributed by atoms with E-state index < -0.39 is 24.0 Å². The Morgan fingerprint density at radius 3 is 2.31 bits per heavy atom. The highest BCUT2D eigenvalue weighted by molar-refractivity contribution is 6.30. The summed E-state index contributed by atoms with van der Waals surface area (Å²) in [6.07, 6.45) is 0. The number of halogens is 1. The van der Waals surface area contributed by atoms with Gasteiger partial charge in [-0.3, -0.25) is 4.90 Å². The monoisotopic (exact) mass is 414 g/mol. The number of carboxylic acids is 1. The molecule has 1 atom stereocenters. The molecule has 2 amide bonds. The van der Waals surface area contributed by atoms with E-state index in [1.54, 1.807) is 38.1 Å². The first-order valence-corrected chi connectivity index (χ1v) is 9.28. The zero-order valence-corrected chi connectivity index (χ0v) is 16.6. The fourth-order valence-electron chi connectivity index (χ4n) is 3.19. The van der Waals surface area contributed by atoms with Crippen LogP contribution in [0, 0.1) is 0 Å². The number of esters is 1. The molecule has 0 bridgehead atoms. The van der Waals surface area contributed by atoms with Crippen molar-refractivity contribution >= 4 is 35.3 Å². The molecule has 0 aromatic heterocycles. The van der Waals surface area contributed by atoms with Gasteiger partial charge in [0.2, 0.25) is 0 Å². The van der Waals surface area contributed by atoms with Crippen LogP contribution in [0.3, 0.4) is 0 Å². The van der Waals surface area contributed by atoms with Crippen molar-refractivity contribution in [3.63, 3.8) is 0 Å². The molecule has 150 valence electrons. The van der Waals surface area contributed by atoms with E-state index in [9.17, 15) is 14.4 Å². The first-order chi connectivity index (χ1) is 13.8. The zero-order chi connectivity index (χ0) is 21.1. The second-order valence-corrected chi connectivity index (χ2v) is 6.78. The quantitative estimate of drug-likeness (QED) is 0.716. The standard InChI is InChI=1S/C21H19ClN2O5/c1-3-29-20(27)17-12(2)24(16-10-6-14(7-11-16)19(25)26)21(28)23-18(17)13-4-8-15(22)9-5-13/h4-11,18H,3H2,1-2H3,(H,23,28)(H,25,26)/t18-/m0/s1. The van der Waals surface area contributed by atoms with E-state index in [4.69, 9.17) is 21.4 Å². The van der Waals surface area contributed by atoms with Crippen LogP contribution < -0.4 is 10.2 Å². The first kappa shape index (κ1) is 20.4. The molecule has 1 aliphatic heterocycles. The SMILES string of the molecule is CCOC(=O)C1=C(C)N(c2ccc(C(=O)O)cc2)C(=O)N[C@H]1c1ccc(Cl)cc1. The summed E-state index contributed by atoms with van der Waals surface area (Å²) < 4.78 is 5.22. The van der Waals surface area contributed by atoms with E-state index in [1.165, 1.54) is 29.2 Å². The van der Waals surface area contributed by atoms with Gasteiger partial charge in [0.05, 0.1) is 29.5 Å². The molecule has 0 radical (unpaired) electrons. The lowest BCUT2D eigenvalue weighted by atomic mass is 9.94. The number of nitrogens with zero attached hydrogens (tertiary/aromatic N) is 1. The van der Waals surface area contributed by atoms with Crippen molar-refractivity contribution in [2.45, 2.75) is 19.9 Å². The van der Waals surface area contributed by atoms with Crippen LogP contribution in [0.4, 0.5) is 10.5 Å². The molecule has 7 nitrogen and oxygen atoms in total. The van der Waals surface area contributed by atoms with Crippen molar-refractivity contribution in [2.24, 2.45) is 0 Å². The van der Waals surface area contributed by atoms with Crippen molar-refractivity contribution in [3.8, 4) is 0 Å². The van der Waals surface area contributed by atoms with Gasteiger partial charge >= 0.3 is 18.0 Å². The van der Waals surface area contributed by atoms with Gasteiger partial charge in [0.1, 0.15) is 0 Å². The van der Waals surface area contributed by atoms with E-state index in [-0.39, 0.29) is 17.7 Å². The Kier molecular flexibility index (Phi) is 5.89. The lowest BCUT2D eigenvalue weighted by Crippen LogP contribution is -2.48. The largest absolute Gasteiger partial charge is 0.478 e. The Balaban J connectivity index is 2.09. The minimum atomic E-state index is -1.07. The third kappa shape index (κ3) is 4.09. The van der Waals surface area contributed by atoms with Crippen LogP contribution in [0.5, 0.6) is 0 Å². The van der Waals surface area contributed by atoms with E-state index in [1.807, 2.05) is 0 Å². The molecule has 8 heteroatoms. The van der Waals surface area contributed by atoms with Crippen molar-refractivity contribution < 1.29 is 24.2 Å². The summed E-state index contributed by atoms with van der Waals surface area (Å²) in [5, 5.41) is 12.4. The third-order valence-corrected chi connectivity index (χ3v) is 4.81. The average molecular weight is 415 g/mol. The Hall–Kier alpha value is -3.32. The van der Waals surface area contributed by atoms with Gasteiger partial charge in [0.15, 0.2) is 0 Å². The smallest absolute Gasteiger partial charge is 0.338 e. The van der Waals surface area contributed by atoms with Crippen LogP contribution in [0.25, 0.3) is 0 Å². The Bertz CT molecular complexity index is 983. The molecule has 0 saturated carbocycles. The van der Waals surface area contributed by atoms with Crippen molar-refractivity contribution in [1.82, 2.24) is 5.32 Å². The van der Waals surface area contributed by atoms with Gasteiger partial charge in [-0.05, 0) is 55.8 Å². The highest BCUT2D eigenvalue weighted by Crippen LogP contribution is 2.34. The summed E-state index contributed by atoms with van der Waals surface area (Å²) in [6, 6.07) is 11.5. The number of hydrogen-bond donors (Lipinski definition) is 2. The topological polar surface area (TPSA) is 95.9 Å². The molecular weight excluding hydrogens is 396 g/mol. The lowest BCUT2D eigenvalue weighted by Gasteiger charge is -2.35. The van der Waals surface area contributed by atoms with Crippen LogP contribution in [0.2, 0.25) is 5.02 Å². The molecule has 0 aliphatic carbocycles. The molecule has 0 fully saturated rings. The summed E-state index contributed by atoms with van der Waals surface area (Å²) in [6.45, 7) is 3.54. The molecule has 2 N–H and O–H groups in total. The van der Waals surface area contributed by atoms with Crippen LogP contribution in [-0.2, 0) is 9.53 Å². The number of ether oxygens (including phenoxy) is 1. The summed E-state index contributed by atoms with van der Waals surface area (Å²) >= 11 is 5.95. The molecule has 1 aliphatic rings. The fraction of sp³-hybridized carbons (Fsp3) is 0.190. The van der Waals surface area contributed by atoms with E-state index in [2.05, 4.69) is 5.32 Å². The van der Waals surface area contributed by atoms with Gasteiger partial charge in [0.25, 0.3) is 0 Å². The van der Waals surface area contributed by atoms with Gasteiger partial charge < -0.3 is 15.2 Å². The highest BCUT2D eigenvalue weighted by Gasteiger charge is 2.37.